The van der Waals surface area contributed by atoms with Gasteiger partial charge < -0.3 is 39.0 Å². The van der Waals surface area contributed by atoms with Crippen molar-refractivity contribution in [2.75, 3.05) is 19.8 Å². The third kappa shape index (κ3) is 44.0. The normalized spacial score (nSPS) is 13.2. The van der Waals surface area contributed by atoms with Crippen LogP contribution in [0.2, 0.25) is 0 Å². The summed E-state index contributed by atoms with van der Waals surface area (Å²) in [6.45, 7) is 2.59. The molecule has 0 aliphatic rings. The molecule has 0 aromatic carbocycles. The van der Waals surface area contributed by atoms with E-state index in [4.69, 9.17) is 19.7 Å². The summed E-state index contributed by atoms with van der Waals surface area (Å²) in [4.78, 5) is 47.9. The van der Waals surface area contributed by atoms with Gasteiger partial charge in [-0.2, -0.15) is 0 Å². The van der Waals surface area contributed by atoms with Gasteiger partial charge in [0.05, 0.1) is 25.2 Å². The second-order valence-electron chi connectivity index (χ2n) is 15.2. The summed E-state index contributed by atoms with van der Waals surface area (Å²) in [6.07, 6.45) is 35.6. The van der Waals surface area contributed by atoms with Gasteiger partial charge in [-0.05, 0) is 12.8 Å². The molecule has 0 aromatic heterocycles. The first-order valence-electron chi connectivity index (χ1n) is 22.0. The van der Waals surface area contributed by atoms with Crippen LogP contribution in [0.5, 0.6) is 0 Å². The molecular weight excluding hydrogens is 755 g/mol. The minimum absolute atomic E-state index is 0. The molecule has 1 unspecified atom stereocenters. The molecule has 0 radical (unpaired) electrons. The van der Waals surface area contributed by atoms with Crippen molar-refractivity contribution in [3.8, 4) is 0 Å². The van der Waals surface area contributed by atoms with E-state index in [1.165, 1.54) is 141 Å². The number of rotatable bonds is 42. The number of carboxylic acids is 1. The Morgan fingerprint density at radius 3 is 1.14 bits per heavy atom. The number of carboxylic acid groups (broad SMARTS) is 1. The molecule has 320 valence electrons. The molecule has 0 aliphatic heterocycles. The minimum atomic E-state index is -4.98. The molecule has 0 bridgehead atoms. The number of nitrogens with two attached hydrogens (primary N) is 1. The quantitative estimate of drug-likeness (QED) is 0.0412. The average molecular weight is 836 g/mol. The fraction of sp³-hybridized carbons (Fsp3) is 0.929. The smallest absolute Gasteiger partial charge is 0.756 e. The van der Waals surface area contributed by atoms with Crippen LogP contribution in [-0.2, 0) is 37.5 Å². The van der Waals surface area contributed by atoms with E-state index in [0.717, 1.165) is 38.5 Å². The van der Waals surface area contributed by atoms with Crippen molar-refractivity contribution < 1.29 is 107 Å². The topological polar surface area (TPSA) is 177 Å². The van der Waals surface area contributed by atoms with E-state index < -0.39 is 51.1 Å². The maximum absolute atomic E-state index is 12.6. The monoisotopic (exact) mass is 836 g/mol. The molecule has 56 heavy (non-hydrogen) atoms. The first-order valence-corrected chi connectivity index (χ1v) is 23.5. The van der Waals surface area contributed by atoms with Crippen LogP contribution in [0.1, 0.15) is 219 Å². The molecule has 14 heteroatoms. The Morgan fingerprint density at radius 2 is 0.804 bits per heavy atom. The number of hydrogen-bond acceptors (Lipinski definition) is 11. The van der Waals surface area contributed by atoms with Crippen molar-refractivity contribution in [2.45, 2.75) is 231 Å². The van der Waals surface area contributed by atoms with Crippen LogP contribution >= 0.6 is 7.82 Å². The molecular formula is C42H80NNa2O10P. The Hall–Kier alpha value is 0.480. The number of carbonyl (C=O) groups is 3. The standard InChI is InChI=1S/C42H82NO10P.2Na/c1-3-5-7-9-11-13-15-17-19-21-23-25-27-29-31-33-40(44)50-35-38(36-51-54(48,49)52-37-39(43)42(46)47)53-41(45)34-32-30-28-26-24-22-20-18-16-14-12-10-8-6-4-2;;/h38-39H,3-37,43H2,1-2H3,(H,46,47)(H,48,49);;/q;2*+1/p-2/t38-,39+;;/m1../s1. The van der Waals surface area contributed by atoms with E-state index in [-0.39, 0.29) is 78.6 Å². The van der Waals surface area contributed by atoms with E-state index in [9.17, 15) is 28.9 Å². The molecule has 3 atom stereocenters. The van der Waals surface area contributed by atoms with E-state index >= 15 is 0 Å². The van der Waals surface area contributed by atoms with Gasteiger partial charge in [-0.25, -0.2) is 0 Å². The van der Waals surface area contributed by atoms with Gasteiger partial charge in [-0.1, -0.05) is 194 Å². The molecule has 0 aromatic rings. The van der Waals surface area contributed by atoms with Gasteiger partial charge in [0.15, 0.2) is 6.10 Å². The van der Waals surface area contributed by atoms with Crippen LogP contribution in [0.4, 0.5) is 0 Å². The second kappa shape index (κ2) is 45.0. The Kier molecular flexibility index (Phi) is 48.9. The zero-order chi connectivity index (χ0) is 40.0. The minimum Gasteiger partial charge on any atom is -0.756 e. The van der Waals surface area contributed by atoms with Crippen LogP contribution in [0.3, 0.4) is 0 Å². The molecule has 0 saturated carbocycles. The van der Waals surface area contributed by atoms with Gasteiger partial charge in [0, 0.05) is 12.8 Å². The number of phosphoric acid groups is 1. The molecule has 11 nitrogen and oxygen atoms in total. The van der Waals surface area contributed by atoms with Gasteiger partial charge >= 0.3 is 71.1 Å². The zero-order valence-electron chi connectivity index (χ0n) is 36.5. The largest absolute Gasteiger partial charge is 1.00 e. The first-order chi connectivity index (χ1) is 26.1. The zero-order valence-corrected chi connectivity index (χ0v) is 41.4. The van der Waals surface area contributed by atoms with Crippen molar-refractivity contribution in [1.82, 2.24) is 0 Å². The van der Waals surface area contributed by atoms with E-state index in [0.29, 0.717) is 12.8 Å². The molecule has 0 amide bonds. The molecule has 0 aliphatic carbocycles. The summed E-state index contributed by atoms with van der Waals surface area (Å²) < 4.78 is 32.2. The van der Waals surface area contributed by atoms with Gasteiger partial charge in [0.1, 0.15) is 6.61 Å². The van der Waals surface area contributed by atoms with Crippen molar-refractivity contribution in [1.29, 1.82) is 0 Å². The Morgan fingerprint density at radius 1 is 0.500 bits per heavy atom. The predicted octanol–water partition coefficient (Wildman–Crippen LogP) is 3.55. The van der Waals surface area contributed by atoms with Crippen molar-refractivity contribution in [3.63, 3.8) is 0 Å². The van der Waals surface area contributed by atoms with Crippen molar-refractivity contribution in [3.05, 3.63) is 0 Å². The molecule has 2 N–H and O–H groups in total. The Bertz CT molecular complexity index is 949. The summed E-state index contributed by atoms with van der Waals surface area (Å²) in [6, 6.07) is -1.67. The van der Waals surface area contributed by atoms with Crippen LogP contribution in [0, 0.1) is 0 Å². The third-order valence-corrected chi connectivity index (χ3v) is 10.8. The van der Waals surface area contributed by atoms with Gasteiger partial charge in [-0.3, -0.25) is 14.2 Å². The van der Waals surface area contributed by atoms with Gasteiger partial charge in [-0.15, -0.1) is 0 Å². The molecule has 0 spiro atoms. The van der Waals surface area contributed by atoms with Crippen LogP contribution in [0.25, 0.3) is 0 Å². The number of aliphatic carboxylic acids is 1. The average Bonchev–Trinajstić information content (AvgIpc) is 3.14. The number of unbranched alkanes of at least 4 members (excludes halogenated alkanes) is 28. The summed E-state index contributed by atoms with van der Waals surface area (Å²) in [7, 11) is -4.98. The fourth-order valence-electron chi connectivity index (χ4n) is 6.35. The third-order valence-electron chi connectivity index (χ3n) is 9.83. The first kappa shape index (κ1) is 60.8. The summed E-state index contributed by atoms with van der Waals surface area (Å²) in [5.41, 5.74) is 5.24. The number of phosphoric ester groups is 1. The fourth-order valence-corrected chi connectivity index (χ4v) is 7.12. The summed E-state index contributed by atoms with van der Waals surface area (Å²) in [5.74, 6) is -2.69. The molecule has 0 fully saturated rings. The molecule has 0 rings (SSSR count). The van der Waals surface area contributed by atoms with Crippen molar-refractivity contribution in [2.24, 2.45) is 5.73 Å². The Balaban J connectivity index is -0.0000140. The Labute approximate surface area is 386 Å². The number of carbonyl (C=O) groups excluding carboxylic acids is 3. The summed E-state index contributed by atoms with van der Waals surface area (Å²) in [5, 5.41) is 10.8. The van der Waals surface area contributed by atoms with E-state index in [1.807, 2.05) is 0 Å². The number of ether oxygens (including phenoxy) is 2. The maximum Gasteiger partial charge on any atom is 1.00 e. The van der Waals surface area contributed by atoms with Crippen LogP contribution in [-0.4, -0.2) is 49.9 Å². The SMILES string of the molecule is CCCCCCCCCCCCCCCCCC(=O)OC[C@H](COP(=O)([O-])OC[C@H](N)C(=O)[O-])OC(=O)CCCCCCCCCCCCCCCCC.[Na+].[Na+]. The molecule has 0 heterocycles. The van der Waals surface area contributed by atoms with Crippen molar-refractivity contribution >= 4 is 25.7 Å². The van der Waals surface area contributed by atoms with E-state index in [1.54, 1.807) is 0 Å². The van der Waals surface area contributed by atoms with Crippen LogP contribution < -0.4 is 74.8 Å². The van der Waals surface area contributed by atoms with Crippen LogP contribution in [0.15, 0.2) is 0 Å². The van der Waals surface area contributed by atoms with Gasteiger partial charge in [0.2, 0.25) is 0 Å². The maximum atomic E-state index is 12.6. The number of esters is 2. The second-order valence-corrected chi connectivity index (χ2v) is 16.6. The number of hydrogen-bond donors (Lipinski definition) is 1. The predicted molar refractivity (Wildman–Crippen MR) is 212 cm³/mol. The molecule has 0 saturated heterocycles. The summed E-state index contributed by atoms with van der Waals surface area (Å²) >= 11 is 0. The van der Waals surface area contributed by atoms with E-state index in [2.05, 4.69) is 18.4 Å². The van der Waals surface area contributed by atoms with Gasteiger partial charge in [0.25, 0.3) is 7.82 Å².